The van der Waals surface area contributed by atoms with Gasteiger partial charge in [0.25, 0.3) is 0 Å². The smallest absolute Gasteiger partial charge is 0.123 e. The lowest BCUT2D eigenvalue weighted by atomic mass is 10.2. The first-order chi connectivity index (χ1) is 10.2. The third-order valence-electron chi connectivity index (χ3n) is 3.10. The minimum absolute atomic E-state index is 0.639. The molecule has 0 aliphatic heterocycles. The van der Waals surface area contributed by atoms with Crippen LogP contribution in [0.5, 0.6) is 11.5 Å². The topological polar surface area (TPSA) is 30.5 Å². The molecular formula is C17H20BrNO2. The van der Waals surface area contributed by atoms with Crippen LogP contribution in [0.3, 0.4) is 0 Å². The van der Waals surface area contributed by atoms with E-state index in [1.54, 1.807) is 7.11 Å². The molecule has 0 fully saturated rings. The zero-order valence-electron chi connectivity index (χ0n) is 12.4. The van der Waals surface area contributed by atoms with Crippen molar-refractivity contribution in [3.63, 3.8) is 0 Å². The lowest BCUT2D eigenvalue weighted by molar-refractivity contribution is 0.313. The fourth-order valence-electron chi connectivity index (χ4n) is 2.05. The Bertz CT molecular complexity index is 587. The summed E-state index contributed by atoms with van der Waals surface area (Å²) in [5, 5.41) is 3.36. The van der Waals surface area contributed by atoms with Crippen molar-refractivity contribution < 1.29 is 9.47 Å². The molecule has 0 spiro atoms. The molecule has 0 aromatic heterocycles. The third-order valence-corrected chi connectivity index (χ3v) is 3.59. The molecule has 0 saturated carbocycles. The molecule has 0 heterocycles. The maximum absolute atomic E-state index is 5.70. The second-order valence-corrected chi connectivity index (χ2v) is 5.71. The summed E-state index contributed by atoms with van der Waals surface area (Å²) >= 11 is 3.48. The maximum Gasteiger partial charge on any atom is 0.123 e. The van der Waals surface area contributed by atoms with Crippen molar-refractivity contribution in [2.75, 3.05) is 20.3 Å². The Hall–Kier alpha value is -1.52. The van der Waals surface area contributed by atoms with Crippen LogP contribution in [0.2, 0.25) is 0 Å². The van der Waals surface area contributed by atoms with Crippen molar-refractivity contribution in [2.24, 2.45) is 0 Å². The van der Waals surface area contributed by atoms with Crippen molar-refractivity contribution in [2.45, 2.75) is 13.5 Å². The van der Waals surface area contributed by atoms with Crippen molar-refractivity contribution in [1.82, 2.24) is 5.32 Å². The van der Waals surface area contributed by atoms with Crippen molar-refractivity contribution >= 4 is 15.9 Å². The van der Waals surface area contributed by atoms with E-state index in [1.807, 2.05) is 30.3 Å². The molecule has 0 atom stereocenters. The van der Waals surface area contributed by atoms with E-state index in [-0.39, 0.29) is 0 Å². The van der Waals surface area contributed by atoms with Gasteiger partial charge in [0.15, 0.2) is 0 Å². The molecule has 3 nitrogen and oxygen atoms in total. The largest absolute Gasteiger partial charge is 0.496 e. The number of aryl methyl sites for hydroxylation is 1. The normalized spacial score (nSPS) is 10.4. The van der Waals surface area contributed by atoms with Crippen LogP contribution in [0.4, 0.5) is 0 Å². The van der Waals surface area contributed by atoms with Crippen molar-refractivity contribution in [3.05, 3.63) is 58.1 Å². The average molecular weight is 350 g/mol. The van der Waals surface area contributed by atoms with Crippen molar-refractivity contribution in [1.29, 1.82) is 0 Å². The number of hydrogen-bond acceptors (Lipinski definition) is 3. The molecule has 21 heavy (non-hydrogen) atoms. The first-order valence-corrected chi connectivity index (χ1v) is 7.71. The molecule has 2 aromatic carbocycles. The SMILES string of the molecule is COc1ccc(Br)cc1CNCCOc1cccc(C)c1. The minimum Gasteiger partial charge on any atom is -0.496 e. The highest BCUT2D eigenvalue weighted by Crippen LogP contribution is 2.22. The van der Waals surface area contributed by atoms with Gasteiger partial charge in [0.05, 0.1) is 7.11 Å². The fraction of sp³-hybridized carbons (Fsp3) is 0.294. The summed E-state index contributed by atoms with van der Waals surface area (Å²) < 4.78 is 12.1. The molecule has 1 N–H and O–H groups in total. The molecule has 0 aliphatic carbocycles. The summed E-state index contributed by atoms with van der Waals surface area (Å²) in [7, 11) is 1.69. The highest BCUT2D eigenvalue weighted by molar-refractivity contribution is 9.10. The Kier molecular flexibility index (Phi) is 6.08. The Labute approximate surface area is 134 Å². The molecule has 0 radical (unpaired) electrons. The van der Waals surface area contributed by atoms with E-state index in [1.165, 1.54) is 5.56 Å². The number of ether oxygens (including phenoxy) is 2. The zero-order chi connectivity index (χ0) is 15.1. The van der Waals surface area contributed by atoms with Gasteiger partial charge in [-0.3, -0.25) is 0 Å². The summed E-state index contributed by atoms with van der Waals surface area (Å²) in [5.74, 6) is 1.81. The van der Waals surface area contributed by atoms with Crippen LogP contribution in [-0.4, -0.2) is 20.3 Å². The third kappa shape index (κ3) is 5.06. The van der Waals surface area contributed by atoms with Crippen LogP contribution < -0.4 is 14.8 Å². The second kappa shape index (κ2) is 8.05. The first-order valence-electron chi connectivity index (χ1n) is 6.91. The minimum atomic E-state index is 0.639. The van der Waals surface area contributed by atoms with Crippen LogP contribution in [0.15, 0.2) is 46.9 Å². The molecule has 0 bridgehead atoms. The maximum atomic E-state index is 5.70. The van der Waals surface area contributed by atoms with Gasteiger partial charge in [0.1, 0.15) is 18.1 Å². The zero-order valence-corrected chi connectivity index (χ0v) is 13.9. The summed E-state index contributed by atoms with van der Waals surface area (Å²) in [6.07, 6.45) is 0. The van der Waals surface area contributed by atoms with E-state index in [2.05, 4.69) is 40.3 Å². The summed E-state index contributed by atoms with van der Waals surface area (Å²) in [6, 6.07) is 14.1. The molecule has 2 aromatic rings. The Morgan fingerprint density at radius 2 is 2.00 bits per heavy atom. The molecule has 112 valence electrons. The molecular weight excluding hydrogens is 330 g/mol. The van der Waals surface area contributed by atoms with Gasteiger partial charge in [-0.15, -0.1) is 0 Å². The number of rotatable bonds is 7. The summed E-state index contributed by atoms with van der Waals surface area (Å²) in [4.78, 5) is 0. The standard InChI is InChI=1S/C17H20BrNO2/c1-13-4-3-5-16(10-13)21-9-8-19-12-14-11-15(18)6-7-17(14)20-2/h3-7,10-11,19H,8-9,12H2,1-2H3. The van der Waals surface area contributed by atoms with Gasteiger partial charge >= 0.3 is 0 Å². The van der Waals surface area contributed by atoms with E-state index < -0.39 is 0 Å². The van der Waals surface area contributed by atoms with Crippen LogP contribution in [0.1, 0.15) is 11.1 Å². The number of nitrogens with one attached hydrogen (secondary N) is 1. The van der Waals surface area contributed by atoms with Gasteiger partial charge in [-0.1, -0.05) is 28.1 Å². The number of methoxy groups -OCH3 is 1. The summed E-state index contributed by atoms with van der Waals surface area (Å²) in [5.41, 5.74) is 2.33. The monoisotopic (exact) mass is 349 g/mol. The Morgan fingerprint density at radius 3 is 2.76 bits per heavy atom. The van der Waals surface area contributed by atoms with Gasteiger partial charge in [-0.05, 0) is 42.8 Å². The number of benzene rings is 2. The molecule has 0 saturated heterocycles. The lowest BCUT2D eigenvalue weighted by Gasteiger charge is -2.11. The van der Waals surface area contributed by atoms with Gasteiger partial charge in [-0.2, -0.15) is 0 Å². The van der Waals surface area contributed by atoms with Crippen LogP contribution in [-0.2, 0) is 6.54 Å². The average Bonchev–Trinajstić information content (AvgIpc) is 2.47. The molecule has 2 rings (SSSR count). The molecule has 0 amide bonds. The van der Waals surface area contributed by atoms with Crippen LogP contribution in [0.25, 0.3) is 0 Å². The highest BCUT2D eigenvalue weighted by atomic mass is 79.9. The lowest BCUT2D eigenvalue weighted by Crippen LogP contribution is -2.21. The predicted octanol–water partition coefficient (Wildman–Crippen LogP) is 3.93. The Morgan fingerprint density at radius 1 is 1.14 bits per heavy atom. The quantitative estimate of drug-likeness (QED) is 0.768. The van der Waals surface area contributed by atoms with Gasteiger partial charge < -0.3 is 14.8 Å². The first kappa shape index (κ1) is 15.9. The summed E-state index contributed by atoms with van der Waals surface area (Å²) in [6.45, 7) is 4.23. The molecule has 0 aliphatic rings. The Balaban J connectivity index is 1.76. The van der Waals surface area contributed by atoms with E-state index >= 15 is 0 Å². The molecule has 4 heteroatoms. The van der Waals surface area contributed by atoms with E-state index in [4.69, 9.17) is 9.47 Å². The van der Waals surface area contributed by atoms with Gasteiger partial charge in [0.2, 0.25) is 0 Å². The highest BCUT2D eigenvalue weighted by Gasteiger charge is 2.03. The van der Waals surface area contributed by atoms with E-state index in [0.717, 1.165) is 34.6 Å². The van der Waals surface area contributed by atoms with Crippen molar-refractivity contribution in [3.8, 4) is 11.5 Å². The van der Waals surface area contributed by atoms with E-state index in [9.17, 15) is 0 Å². The van der Waals surface area contributed by atoms with Gasteiger partial charge in [0, 0.05) is 23.1 Å². The fourth-order valence-corrected chi connectivity index (χ4v) is 2.46. The van der Waals surface area contributed by atoms with Crippen LogP contribution in [0, 0.1) is 6.92 Å². The number of halogens is 1. The number of hydrogen-bond donors (Lipinski definition) is 1. The van der Waals surface area contributed by atoms with Gasteiger partial charge in [-0.25, -0.2) is 0 Å². The predicted molar refractivity (Wildman–Crippen MR) is 89.1 cm³/mol. The van der Waals surface area contributed by atoms with Crippen LogP contribution >= 0.6 is 15.9 Å². The molecule has 0 unspecified atom stereocenters. The second-order valence-electron chi connectivity index (χ2n) is 4.80. The van der Waals surface area contributed by atoms with E-state index in [0.29, 0.717) is 6.61 Å².